The number of nitrogens with two attached hydrogens (primary N) is 4. The molecule has 4 amide bonds. The number of nitrogens with zero attached hydrogens (tertiary/aromatic N) is 1. The molecule has 13 N–H and O–H groups in total. The number of para-hydroxylation sites is 1. The highest BCUT2D eigenvalue weighted by Gasteiger charge is 2.31. The van der Waals surface area contributed by atoms with E-state index in [9.17, 15) is 29.1 Å². The number of rotatable bonds is 16. The number of aliphatic imine (C=N–C) groups is 1. The summed E-state index contributed by atoms with van der Waals surface area (Å²) in [7, 11) is 0. The molecule has 2 aromatic rings. The third-order valence-corrected chi connectivity index (χ3v) is 6.35. The van der Waals surface area contributed by atoms with Gasteiger partial charge in [-0.15, -0.1) is 0 Å². The molecule has 4 unspecified atom stereocenters. The zero-order valence-electron chi connectivity index (χ0n) is 23.1. The molecule has 2 rings (SSSR count). The summed E-state index contributed by atoms with van der Waals surface area (Å²) < 4.78 is 0. The summed E-state index contributed by atoms with van der Waals surface area (Å²) in [5, 5.41) is 18.0. The van der Waals surface area contributed by atoms with Crippen molar-refractivity contribution in [3.05, 3.63) is 36.0 Å². The van der Waals surface area contributed by atoms with E-state index in [2.05, 4.69) is 25.9 Å². The van der Waals surface area contributed by atoms with Crippen LogP contribution in [0.15, 0.2) is 35.5 Å². The Morgan fingerprint density at radius 2 is 1.54 bits per heavy atom. The number of carbonyl (C=O) groups is 5. The summed E-state index contributed by atoms with van der Waals surface area (Å²) >= 11 is 0. The Kier molecular flexibility index (Phi) is 12.1. The van der Waals surface area contributed by atoms with Gasteiger partial charge in [0, 0.05) is 30.1 Å². The fraction of sp³-hybridized carbons (Fsp3) is 0.462. The van der Waals surface area contributed by atoms with Crippen molar-refractivity contribution < 1.29 is 29.1 Å². The molecule has 0 bridgehead atoms. The molecule has 0 saturated carbocycles. The van der Waals surface area contributed by atoms with Crippen LogP contribution < -0.4 is 38.9 Å². The number of hydrogen-bond acceptors (Lipinski definition) is 7. The monoisotopic (exact) mass is 573 g/mol. The number of aromatic amines is 1. The normalized spacial score (nSPS) is 14.0. The fourth-order valence-corrected chi connectivity index (χ4v) is 4.02. The maximum absolute atomic E-state index is 13.3. The van der Waals surface area contributed by atoms with Gasteiger partial charge in [-0.25, -0.2) is 4.79 Å². The second kappa shape index (κ2) is 15.2. The van der Waals surface area contributed by atoms with Crippen LogP contribution in [0.4, 0.5) is 0 Å². The lowest BCUT2D eigenvalue weighted by molar-refractivity contribution is -0.142. The van der Waals surface area contributed by atoms with Crippen LogP contribution in [0.3, 0.4) is 0 Å². The first-order chi connectivity index (χ1) is 19.3. The molecule has 0 aliphatic carbocycles. The lowest BCUT2D eigenvalue weighted by Gasteiger charge is -2.25. The molecule has 15 nitrogen and oxygen atoms in total. The van der Waals surface area contributed by atoms with Crippen LogP contribution in [-0.2, 0) is 30.4 Å². The Morgan fingerprint density at radius 1 is 0.927 bits per heavy atom. The quantitative estimate of drug-likeness (QED) is 0.0619. The molecule has 0 aliphatic rings. The van der Waals surface area contributed by atoms with E-state index in [4.69, 9.17) is 22.9 Å². The highest BCUT2D eigenvalue weighted by Crippen LogP contribution is 2.19. The molecule has 1 heterocycles. The zero-order valence-corrected chi connectivity index (χ0v) is 23.1. The Balaban J connectivity index is 2.24. The fourth-order valence-electron chi connectivity index (χ4n) is 4.02. The summed E-state index contributed by atoms with van der Waals surface area (Å²) in [5.74, 6) is -4.92. The van der Waals surface area contributed by atoms with Gasteiger partial charge >= 0.3 is 5.97 Å². The summed E-state index contributed by atoms with van der Waals surface area (Å²) in [6.07, 6.45) is 1.33. The smallest absolute Gasteiger partial charge is 0.326 e. The van der Waals surface area contributed by atoms with Crippen molar-refractivity contribution in [1.82, 2.24) is 20.9 Å². The molecule has 0 radical (unpaired) electrons. The first kappa shape index (κ1) is 32.6. The Labute approximate surface area is 236 Å². The number of carboxylic acid groups (broad SMARTS) is 1. The van der Waals surface area contributed by atoms with Crippen molar-refractivity contribution in [1.29, 1.82) is 0 Å². The predicted molar refractivity (Wildman–Crippen MR) is 152 cm³/mol. The minimum atomic E-state index is -1.42. The lowest BCUT2D eigenvalue weighted by Crippen LogP contribution is -2.58. The number of amides is 4. The van der Waals surface area contributed by atoms with Crippen LogP contribution in [0.2, 0.25) is 0 Å². The van der Waals surface area contributed by atoms with E-state index in [0.717, 1.165) is 10.9 Å². The van der Waals surface area contributed by atoms with Crippen molar-refractivity contribution >= 4 is 46.5 Å². The van der Waals surface area contributed by atoms with Crippen molar-refractivity contribution in [2.24, 2.45) is 33.8 Å². The van der Waals surface area contributed by atoms with Crippen molar-refractivity contribution in [3.8, 4) is 0 Å². The molecule has 41 heavy (non-hydrogen) atoms. The summed E-state index contributed by atoms with van der Waals surface area (Å²) in [6, 6.07) is 2.34. The van der Waals surface area contributed by atoms with Gasteiger partial charge in [0.1, 0.15) is 18.1 Å². The number of carboxylic acids is 1. The summed E-state index contributed by atoms with van der Waals surface area (Å²) in [5.41, 5.74) is 23.3. The molecule has 0 saturated heterocycles. The molecule has 1 aromatic heterocycles. The third kappa shape index (κ3) is 10.1. The van der Waals surface area contributed by atoms with Gasteiger partial charge in [-0.1, -0.05) is 32.0 Å². The van der Waals surface area contributed by atoms with Crippen LogP contribution in [-0.4, -0.2) is 76.4 Å². The van der Waals surface area contributed by atoms with E-state index >= 15 is 0 Å². The van der Waals surface area contributed by atoms with Crippen LogP contribution in [0, 0.1) is 5.92 Å². The molecule has 1 aromatic carbocycles. The van der Waals surface area contributed by atoms with Crippen molar-refractivity contribution in [2.45, 2.75) is 63.7 Å². The van der Waals surface area contributed by atoms with Crippen LogP contribution in [0.25, 0.3) is 10.9 Å². The molecule has 224 valence electrons. The van der Waals surface area contributed by atoms with Gasteiger partial charge in [0.25, 0.3) is 0 Å². The molecular weight excluding hydrogens is 534 g/mol. The standard InChI is InChI=1S/C26H39N9O6/c1-13(2)21(28)24(39)34-18(11-20(27)36)23(38)33-17(8-5-9-31-26(29)30)22(37)35-19(25(40)41)10-14-12-32-16-7-4-3-6-15(14)16/h3-4,6-7,12-13,17-19,21,32H,5,8-11,28H2,1-2H3,(H2,27,36)(H,33,38)(H,34,39)(H,35,37)(H,40,41)(H4,29,30,31). The highest BCUT2D eigenvalue weighted by molar-refractivity contribution is 5.96. The van der Waals surface area contributed by atoms with Gasteiger partial charge in [0.05, 0.1) is 12.5 Å². The van der Waals surface area contributed by atoms with Crippen LogP contribution >= 0.6 is 0 Å². The van der Waals surface area contributed by atoms with E-state index in [1.807, 2.05) is 24.3 Å². The number of primary amides is 1. The van der Waals surface area contributed by atoms with E-state index in [1.165, 1.54) is 0 Å². The molecule has 0 spiro atoms. The number of aromatic nitrogens is 1. The highest BCUT2D eigenvalue weighted by atomic mass is 16.4. The maximum Gasteiger partial charge on any atom is 0.326 e. The number of fused-ring (bicyclic) bond motifs is 1. The van der Waals surface area contributed by atoms with Gasteiger partial charge in [0.2, 0.25) is 23.6 Å². The van der Waals surface area contributed by atoms with Crippen LogP contribution in [0.5, 0.6) is 0 Å². The topological polar surface area (TPSA) is 274 Å². The van der Waals surface area contributed by atoms with Crippen LogP contribution in [0.1, 0.15) is 38.7 Å². The average Bonchev–Trinajstić information content (AvgIpc) is 3.31. The van der Waals surface area contributed by atoms with Crippen molar-refractivity contribution in [3.63, 3.8) is 0 Å². The SMILES string of the molecule is CC(C)C(N)C(=O)NC(CC(N)=O)C(=O)NC(CCCN=C(N)N)C(=O)NC(Cc1c[nH]c2ccccc12)C(=O)O. The maximum atomic E-state index is 13.3. The van der Waals surface area contributed by atoms with Gasteiger partial charge in [-0.2, -0.15) is 0 Å². The number of H-pyrrole nitrogens is 1. The number of aliphatic carboxylic acids is 1. The zero-order chi connectivity index (χ0) is 30.7. The second-order valence-electron chi connectivity index (χ2n) is 9.97. The Morgan fingerprint density at radius 3 is 2.15 bits per heavy atom. The number of guanidine groups is 1. The molecule has 0 fully saturated rings. The Hall–Kier alpha value is -4.66. The summed E-state index contributed by atoms with van der Waals surface area (Å²) in [4.78, 5) is 69.5. The first-order valence-electron chi connectivity index (χ1n) is 13.1. The van der Waals surface area contributed by atoms with Gasteiger partial charge in [0.15, 0.2) is 5.96 Å². The largest absolute Gasteiger partial charge is 0.480 e. The van der Waals surface area contributed by atoms with Gasteiger partial charge in [-0.3, -0.25) is 24.2 Å². The molecule has 0 aliphatic heterocycles. The molecule has 15 heteroatoms. The lowest BCUT2D eigenvalue weighted by atomic mass is 10.0. The van der Waals surface area contributed by atoms with E-state index < -0.39 is 60.2 Å². The van der Waals surface area contributed by atoms with Gasteiger partial charge in [-0.05, 0) is 30.4 Å². The first-order valence-corrected chi connectivity index (χ1v) is 13.1. The number of hydrogen-bond donors (Lipinski definition) is 9. The minimum Gasteiger partial charge on any atom is -0.480 e. The van der Waals surface area contributed by atoms with E-state index in [-0.39, 0.29) is 37.7 Å². The molecule has 4 atom stereocenters. The predicted octanol–water partition coefficient (Wildman–Crippen LogP) is -1.84. The molecular formula is C26H39N9O6. The third-order valence-electron chi connectivity index (χ3n) is 6.35. The van der Waals surface area contributed by atoms with E-state index in [0.29, 0.717) is 5.56 Å². The minimum absolute atomic E-state index is 0.0104. The van der Waals surface area contributed by atoms with Gasteiger partial charge < -0.3 is 49.0 Å². The van der Waals surface area contributed by atoms with Crippen molar-refractivity contribution in [2.75, 3.05) is 6.54 Å². The second-order valence-corrected chi connectivity index (χ2v) is 9.97. The number of nitrogens with one attached hydrogen (secondary N) is 4. The number of benzene rings is 1. The summed E-state index contributed by atoms with van der Waals surface area (Å²) in [6.45, 7) is 3.55. The average molecular weight is 574 g/mol. The Bertz CT molecular complexity index is 1270. The number of carbonyl (C=O) groups excluding carboxylic acids is 4. The van der Waals surface area contributed by atoms with E-state index in [1.54, 1.807) is 20.0 Å².